The fraction of sp³-hybridized carbons (Fsp3) is 0.294. The van der Waals surface area contributed by atoms with Gasteiger partial charge in [-0.05, 0) is 44.5 Å². The first-order valence-electron chi connectivity index (χ1n) is 7.74. The Labute approximate surface area is 154 Å². The van der Waals surface area contributed by atoms with Crippen molar-refractivity contribution in [3.8, 4) is 0 Å². The van der Waals surface area contributed by atoms with Crippen LogP contribution in [0.15, 0.2) is 35.4 Å². The van der Waals surface area contributed by atoms with Crippen LogP contribution < -0.4 is 15.8 Å². The average Bonchev–Trinajstić information content (AvgIpc) is 2.92. The summed E-state index contributed by atoms with van der Waals surface area (Å²) in [5, 5.41) is 2.67. The highest BCUT2D eigenvalue weighted by molar-refractivity contribution is 7.89. The van der Waals surface area contributed by atoms with Crippen molar-refractivity contribution < 1.29 is 18.5 Å². The molecule has 0 spiro atoms. The molecule has 26 heavy (non-hydrogen) atoms. The predicted octanol–water partition coefficient (Wildman–Crippen LogP) is 1.60. The summed E-state index contributed by atoms with van der Waals surface area (Å²) in [5.41, 5.74) is 5.20. The molecule has 9 heteroatoms. The minimum absolute atomic E-state index is 0.258. The number of nitrogens with one attached hydrogen (secondary N) is 2. The molecule has 0 aliphatic carbocycles. The Morgan fingerprint density at radius 1 is 1.31 bits per heavy atom. The summed E-state index contributed by atoms with van der Waals surface area (Å²) in [6.45, 7) is 4.63. The molecule has 1 heterocycles. The smallest absolute Gasteiger partial charge is 0.272 e. The lowest BCUT2D eigenvalue weighted by atomic mass is 10.1. The number of benzene rings is 1. The highest BCUT2D eigenvalue weighted by Crippen LogP contribution is 2.19. The Balaban J connectivity index is 2.17. The quantitative estimate of drug-likeness (QED) is 0.661. The molecule has 0 radical (unpaired) electrons. The molecule has 1 aromatic heterocycles. The van der Waals surface area contributed by atoms with Crippen molar-refractivity contribution in [2.75, 3.05) is 5.32 Å². The number of anilines is 1. The molecule has 2 rings (SSSR count). The van der Waals surface area contributed by atoms with Crippen LogP contribution in [0.25, 0.3) is 0 Å². The maximum atomic E-state index is 13.3. The Bertz CT molecular complexity index is 851. The van der Waals surface area contributed by atoms with Crippen LogP contribution in [-0.2, 0) is 23.2 Å². The Morgan fingerprint density at radius 2 is 1.96 bits per heavy atom. The lowest BCUT2D eigenvalue weighted by Gasteiger charge is -2.22. The molecule has 0 saturated carbocycles. The van der Waals surface area contributed by atoms with Gasteiger partial charge in [0.05, 0.1) is 17.6 Å². The van der Waals surface area contributed by atoms with Crippen LogP contribution in [-0.4, -0.2) is 26.5 Å². The second-order valence-electron chi connectivity index (χ2n) is 6.45. The van der Waals surface area contributed by atoms with E-state index in [0.717, 1.165) is 0 Å². The van der Waals surface area contributed by atoms with Gasteiger partial charge < -0.3 is 20.2 Å². The van der Waals surface area contributed by atoms with Gasteiger partial charge in [-0.3, -0.25) is 9.59 Å². The highest BCUT2D eigenvalue weighted by Gasteiger charge is 2.32. The molecule has 0 bridgehead atoms. The number of nitrogens with zero attached hydrogens (tertiary/aromatic N) is 1. The molecule has 1 atom stereocenters. The largest absolute Gasteiger partial charge is 0.593 e. The third kappa shape index (κ3) is 4.43. The van der Waals surface area contributed by atoms with Gasteiger partial charge in [-0.2, -0.15) is 0 Å². The molecule has 0 fully saturated rings. The number of amides is 2. The van der Waals surface area contributed by atoms with Gasteiger partial charge in [0.15, 0.2) is 4.90 Å². The van der Waals surface area contributed by atoms with Gasteiger partial charge in [-0.15, -0.1) is 4.72 Å². The standard InChI is InChI=1S/C17H21FN4O3S/c1-10-7-11(5-6-13(10)18)20-15(23)14-8-12(9-22(14)4)26(25)21-17(2,3)16(19)24/h5-9,21H,1-4H3,(H2,19,24)(H,20,23). The zero-order valence-corrected chi connectivity index (χ0v) is 15.7. The lowest BCUT2D eigenvalue weighted by molar-refractivity contribution is -0.122. The average molecular weight is 380 g/mol. The summed E-state index contributed by atoms with van der Waals surface area (Å²) in [6.07, 6.45) is 1.52. The van der Waals surface area contributed by atoms with Crippen molar-refractivity contribution in [3.63, 3.8) is 0 Å². The number of aromatic nitrogens is 1. The zero-order chi connectivity index (χ0) is 19.6. The second kappa shape index (κ2) is 7.48. The number of hydrogen-bond acceptors (Lipinski definition) is 4. The maximum Gasteiger partial charge on any atom is 0.272 e. The number of nitrogens with two attached hydrogens (primary N) is 1. The number of hydrogen-bond donors (Lipinski definition) is 3. The van der Waals surface area contributed by atoms with Crippen LogP contribution in [0.4, 0.5) is 10.1 Å². The minimum atomic E-state index is -1.73. The summed E-state index contributed by atoms with van der Waals surface area (Å²) >= 11 is -1.73. The van der Waals surface area contributed by atoms with E-state index in [1.165, 1.54) is 48.9 Å². The zero-order valence-electron chi connectivity index (χ0n) is 14.9. The summed E-state index contributed by atoms with van der Waals surface area (Å²) < 4.78 is 29.9. The van der Waals surface area contributed by atoms with E-state index in [9.17, 15) is 18.5 Å². The molecule has 1 unspecified atom stereocenters. The molecule has 7 nitrogen and oxygen atoms in total. The van der Waals surface area contributed by atoms with Crippen LogP contribution in [0.3, 0.4) is 0 Å². The van der Waals surface area contributed by atoms with Crippen molar-refractivity contribution in [2.24, 2.45) is 12.8 Å². The van der Waals surface area contributed by atoms with E-state index >= 15 is 0 Å². The molecule has 2 amide bonds. The molecule has 0 saturated heterocycles. The van der Waals surface area contributed by atoms with Crippen LogP contribution in [0.1, 0.15) is 29.9 Å². The van der Waals surface area contributed by atoms with E-state index in [0.29, 0.717) is 16.1 Å². The van der Waals surface area contributed by atoms with Crippen molar-refractivity contribution in [1.29, 1.82) is 0 Å². The van der Waals surface area contributed by atoms with E-state index in [1.54, 1.807) is 14.0 Å². The van der Waals surface area contributed by atoms with Crippen molar-refractivity contribution in [1.82, 2.24) is 9.29 Å². The monoisotopic (exact) mass is 380 g/mol. The minimum Gasteiger partial charge on any atom is -0.593 e. The number of primary amides is 1. The lowest BCUT2D eigenvalue weighted by Crippen LogP contribution is -2.52. The fourth-order valence-electron chi connectivity index (χ4n) is 2.12. The van der Waals surface area contributed by atoms with Crippen molar-refractivity contribution in [2.45, 2.75) is 31.2 Å². The number of rotatable bonds is 6. The van der Waals surface area contributed by atoms with Crippen LogP contribution in [0.5, 0.6) is 0 Å². The molecular formula is C17H21FN4O3S. The van der Waals surface area contributed by atoms with Gasteiger partial charge in [0.1, 0.15) is 17.1 Å². The Kier molecular flexibility index (Phi) is 5.74. The van der Waals surface area contributed by atoms with Crippen LogP contribution >= 0.6 is 0 Å². The number of carbonyl (C=O) groups is 2. The molecule has 4 N–H and O–H groups in total. The Hall–Kier alpha value is -2.36. The molecular weight excluding hydrogens is 359 g/mol. The van der Waals surface area contributed by atoms with Crippen LogP contribution in [0.2, 0.25) is 0 Å². The Morgan fingerprint density at radius 3 is 2.54 bits per heavy atom. The summed E-state index contributed by atoms with van der Waals surface area (Å²) in [5.74, 6) is -1.44. The van der Waals surface area contributed by atoms with Gasteiger partial charge in [0, 0.05) is 18.8 Å². The van der Waals surface area contributed by atoms with Gasteiger partial charge in [0.2, 0.25) is 5.91 Å². The number of halogens is 1. The van der Waals surface area contributed by atoms with Crippen molar-refractivity contribution >= 4 is 28.9 Å². The predicted molar refractivity (Wildman–Crippen MR) is 97.3 cm³/mol. The van der Waals surface area contributed by atoms with Crippen LogP contribution in [0, 0.1) is 12.7 Å². The molecule has 140 valence electrons. The van der Waals surface area contributed by atoms with Gasteiger partial charge in [-0.1, -0.05) is 0 Å². The summed E-state index contributed by atoms with van der Waals surface area (Å²) in [7, 11) is 1.63. The first-order valence-corrected chi connectivity index (χ1v) is 8.89. The third-order valence-electron chi connectivity index (χ3n) is 3.81. The molecule has 1 aromatic carbocycles. The second-order valence-corrected chi connectivity index (χ2v) is 7.66. The van der Waals surface area contributed by atoms with Gasteiger partial charge in [-0.25, -0.2) is 4.39 Å². The third-order valence-corrected chi connectivity index (χ3v) is 5.15. The van der Waals surface area contributed by atoms with E-state index in [1.807, 2.05) is 0 Å². The first kappa shape index (κ1) is 20.0. The van der Waals surface area contributed by atoms with Crippen molar-refractivity contribution in [3.05, 3.63) is 47.5 Å². The maximum absolute atomic E-state index is 13.3. The van der Waals surface area contributed by atoms with Gasteiger partial charge in [0.25, 0.3) is 5.91 Å². The fourth-order valence-corrected chi connectivity index (χ4v) is 3.27. The highest BCUT2D eigenvalue weighted by atomic mass is 32.2. The summed E-state index contributed by atoms with van der Waals surface area (Å²) in [6, 6.07) is 5.70. The molecule has 0 aliphatic rings. The molecule has 0 aliphatic heterocycles. The normalized spacial score (nSPS) is 12.7. The molecule has 2 aromatic rings. The summed E-state index contributed by atoms with van der Waals surface area (Å²) in [4.78, 5) is 24.1. The topological polar surface area (TPSA) is 112 Å². The first-order chi connectivity index (χ1) is 12.0. The van der Waals surface area contributed by atoms with E-state index in [4.69, 9.17) is 5.73 Å². The number of aryl methyl sites for hydroxylation is 2. The van der Waals surface area contributed by atoms with E-state index in [-0.39, 0.29) is 11.5 Å². The van der Waals surface area contributed by atoms with Gasteiger partial charge >= 0.3 is 0 Å². The van der Waals surface area contributed by atoms with E-state index in [2.05, 4.69) is 10.0 Å². The van der Waals surface area contributed by atoms with E-state index < -0.39 is 28.7 Å². The number of carbonyl (C=O) groups excluding carboxylic acids is 2. The SMILES string of the molecule is Cc1cc(NC(=O)c2cc([S+]([O-])NC(C)(C)C(N)=O)cn2C)ccc1F.